The maximum absolute atomic E-state index is 11.9. The molecule has 0 aromatic heterocycles. The molecule has 2 aliphatic heterocycles. The van der Waals surface area contributed by atoms with Crippen LogP contribution in [0, 0.1) is 0 Å². The molecule has 4 nitrogen and oxygen atoms in total. The largest absolute Gasteiger partial charge is 0.348 e. The Balaban J connectivity index is 0.000000162. The third-order valence-corrected chi connectivity index (χ3v) is 5.79. The van der Waals surface area contributed by atoms with Gasteiger partial charge in [-0.05, 0) is 62.9 Å². The van der Waals surface area contributed by atoms with Crippen LogP contribution in [0.2, 0.25) is 0 Å². The zero-order valence-corrected chi connectivity index (χ0v) is 17.3. The fourth-order valence-corrected chi connectivity index (χ4v) is 3.66. The molecule has 4 rings (SSSR count). The second-order valence-corrected chi connectivity index (χ2v) is 7.51. The monoisotopic (exact) mass is 376 g/mol. The molecule has 0 spiro atoms. The highest BCUT2D eigenvalue weighted by Crippen LogP contribution is 2.31. The number of para-hydroxylation sites is 1. The highest BCUT2D eigenvalue weighted by atomic mass is 16.2. The second-order valence-electron chi connectivity index (χ2n) is 7.51. The minimum absolute atomic E-state index is 0.0302. The van der Waals surface area contributed by atoms with Crippen molar-refractivity contribution in [1.29, 1.82) is 0 Å². The molecule has 146 valence electrons. The van der Waals surface area contributed by atoms with Crippen molar-refractivity contribution >= 4 is 17.5 Å². The first kappa shape index (κ1) is 19.9. The van der Waals surface area contributed by atoms with E-state index in [1.165, 1.54) is 27.4 Å². The van der Waals surface area contributed by atoms with Crippen molar-refractivity contribution in [2.75, 3.05) is 11.9 Å². The average Bonchev–Trinajstić information content (AvgIpc) is 2.97. The summed E-state index contributed by atoms with van der Waals surface area (Å²) in [6.07, 6.45) is 1.89. The van der Waals surface area contributed by atoms with Crippen LogP contribution in [0.3, 0.4) is 0 Å². The molecule has 0 aliphatic carbocycles. The van der Waals surface area contributed by atoms with Crippen molar-refractivity contribution in [3.63, 3.8) is 0 Å². The number of rotatable bonds is 2. The topological polar surface area (TPSA) is 40.6 Å². The van der Waals surface area contributed by atoms with Crippen molar-refractivity contribution < 1.29 is 9.59 Å². The van der Waals surface area contributed by atoms with E-state index in [0.29, 0.717) is 11.1 Å². The minimum atomic E-state index is -0.162. The van der Waals surface area contributed by atoms with Crippen LogP contribution in [-0.2, 0) is 6.42 Å². The summed E-state index contributed by atoms with van der Waals surface area (Å²) in [6, 6.07) is 15.6. The number of allylic oxidation sites excluding steroid dienone is 2. The number of hydrogen-bond acceptors (Lipinski definition) is 3. The first-order chi connectivity index (χ1) is 13.4. The predicted molar refractivity (Wildman–Crippen MR) is 114 cm³/mol. The van der Waals surface area contributed by atoms with Crippen LogP contribution in [0.4, 0.5) is 5.69 Å². The Morgan fingerprint density at radius 3 is 2.04 bits per heavy atom. The normalized spacial score (nSPS) is 16.5. The number of benzene rings is 2. The molecule has 0 bridgehead atoms. The van der Waals surface area contributed by atoms with Gasteiger partial charge < -0.3 is 4.90 Å². The van der Waals surface area contributed by atoms with Crippen molar-refractivity contribution in [3.05, 3.63) is 76.5 Å². The van der Waals surface area contributed by atoms with E-state index >= 15 is 0 Å². The molecule has 1 unspecified atom stereocenters. The van der Waals surface area contributed by atoms with E-state index in [1.54, 1.807) is 24.3 Å². The number of imide groups is 1. The lowest BCUT2D eigenvalue weighted by Gasteiger charge is -2.29. The smallest absolute Gasteiger partial charge is 0.261 e. The molecule has 2 aliphatic rings. The third-order valence-electron chi connectivity index (χ3n) is 5.79. The quantitative estimate of drug-likeness (QED) is 0.688. The maximum atomic E-state index is 11.9. The van der Waals surface area contributed by atoms with Crippen LogP contribution in [-0.4, -0.2) is 29.8 Å². The summed E-state index contributed by atoms with van der Waals surface area (Å²) in [6.45, 7) is 8.25. The van der Waals surface area contributed by atoms with Crippen LogP contribution < -0.4 is 4.90 Å². The summed E-state index contributed by atoms with van der Waals surface area (Å²) < 4.78 is 0. The van der Waals surface area contributed by atoms with E-state index in [2.05, 4.69) is 50.1 Å². The Morgan fingerprint density at radius 1 is 0.929 bits per heavy atom. The Labute approximate surface area is 167 Å². The molecule has 1 atom stereocenters. The summed E-state index contributed by atoms with van der Waals surface area (Å²) in [7, 11) is 2.14. The minimum Gasteiger partial charge on any atom is -0.348 e. The average molecular weight is 377 g/mol. The number of nitrogens with zero attached hydrogens (tertiary/aromatic N) is 2. The maximum Gasteiger partial charge on any atom is 0.261 e. The Kier molecular flexibility index (Phi) is 5.68. The van der Waals surface area contributed by atoms with E-state index in [-0.39, 0.29) is 17.9 Å². The van der Waals surface area contributed by atoms with Gasteiger partial charge in [-0.1, -0.05) is 37.3 Å². The molecule has 4 heteroatoms. The lowest BCUT2D eigenvalue weighted by Crippen LogP contribution is -2.37. The standard InChI is InChI=1S/C12H13NO2.C12H15N/c1-3-8(2)13-11(14)9-6-4-5-7-10(9)12(13)15;1-9-8-11-6-4-5-7-12(11)13(3)10(9)2/h4-8H,3H2,1-2H3;4-7H,8H2,1-3H3. The number of amides is 2. The van der Waals surface area contributed by atoms with Crippen LogP contribution in [0.5, 0.6) is 0 Å². The summed E-state index contributed by atoms with van der Waals surface area (Å²) in [5.41, 5.74) is 6.71. The molecule has 2 amide bonds. The first-order valence-corrected chi connectivity index (χ1v) is 9.81. The summed E-state index contributed by atoms with van der Waals surface area (Å²) >= 11 is 0. The fraction of sp³-hybridized carbons (Fsp3) is 0.333. The highest BCUT2D eigenvalue weighted by molar-refractivity contribution is 6.21. The summed E-state index contributed by atoms with van der Waals surface area (Å²) in [5.74, 6) is -0.324. The Morgan fingerprint density at radius 2 is 1.46 bits per heavy atom. The van der Waals surface area contributed by atoms with Crippen molar-refractivity contribution in [2.45, 2.75) is 46.6 Å². The van der Waals surface area contributed by atoms with Gasteiger partial charge >= 0.3 is 0 Å². The lowest BCUT2D eigenvalue weighted by atomic mass is 9.98. The van der Waals surface area contributed by atoms with Gasteiger partial charge in [-0.2, -0.15) is 0 Å². The zero-order valence-electron chi connectivity index (χ0n) is 17.3. The van der Waals surface area contributed by atoms with Gasteiger partial charge in [0.2, 0.25) is 0 Å². The molecular weight excluding hydrogens is 348 g/mol. The number of anilines is 1. The number of hydrogen-bond donors (Lipinski definition) is 0. The molecule has 2 aromatic rings. The first-order valence-electron chi connectivity index (χ1n) is 9.81. The SMILES string of the molecule is CC1=C(C)N(C)c2ccccc2C1.CCC(C)N1C(=O)c2ccccc2C1=O. The van der Waals surface area contributed by atoms with Gasteiger partial charge in [0.05, 0.1) is 11.1 Å². The van der Waals surface area contributed by atoms with E-state index in [0.717, 1.165) is 12.8 Å². The Hall–Kier alpha value is -2.88. The number of carbonyl (C=O) groups is 2. The van der Waals surface area contributed by atoms with E-state index in [4.69, 9.17) is 0 Å². The molecule has 0 radical (unpaired) electrons. The highest BCUT2D eigenvalue weighted by Gasteiger charge is 2.37. The fourth-order valence-electron chi connectivity index (χ4n) is 3.66. The number of carbonyl (C=O) groups excluding carboxylic acids is 2. The molecule has 2 aromatic carbocycles. The van der Waals surface area contributed by atoms with E-state index < -0.39 is 0 Å². The molecule has 2 heterocycles. The van der Waals surface area contributed by atoms with Crippen molar-refractivity contribution in [1.82, 2.24) is 4.90 Å². The number of fused-ring (bicyclic) bond motifs is 2. The third kappa shape index (κ3) is 3.47. The van der Waals surface area contributed by atoms with Crippen LogP contribution in [0.1, 0.15) is 60.4 Å². The van der Waals surface area contributed by atoms with E-state index in [9.17, 15) is 9.59 Å². The lowest BCUT2D eigenvalue weighted by molar-refractivity contribution is 0.0593. The van der Waals surface area contributed by atoms with Gasteiger partial charge in [0.25, 0.3) is 11.8 Å². The molecule has 0 fully saturated rings. The van der Waals surface area contributed by atoms with Crippen LogP contribution >= 0.6 is 0 Å². The summed E-state index contributed by atoms with van der Waals surface area (Å²) in [4.78, 5) is 27.4. The van der Waals surface area contributed by atoms with Crippen LogP contribution in [0.25, 0.3) is 0 Å². The van der Waals surface area contributed by atoms with Gasteiger partial charge in [0.15, 0.2) is 0 Å². The van der Waals surface area contributed by atoms with Gasteiger partial charge in [-0.15, -0.1) is 0 Å². The van der Waals surface area contributed by atoms with Crippen molar-refractivity contribution in [2.24, 2.45) is 0 Å². The predicted octanol–water partition coefficient (Wildman–Crippen LogP) is 5.05. The summed E-state index contributed by atoms with van der Waals surface area (Å²) in [5, 5.41) is 0. The van der Waals surface area contributed by atoms with E-state index in [1.807, 2.05) is 13.8 Å². The van der Waals surface area contributed by atoms with Crippen LogP contribution in [0.15, 0.2) is 59.8 Å². The van der Waals surface area contributed by atoms with Gasteiger partial charge in [0, 0.05) is 24.5 Å². The Bertz CT molecular complexity index is 910. The zero-order chi connectivity index (χ0) is 20.4. The molecule has 0 N–H and O–H groups in total. The van der Waals surface area contributed by atoms with Gasteiger partial charge in [0.1, 0.15) is 0 Å². The molecule has 0 saturated heterocycles. The van der Waals surface area contributed by atoms with Crippen molar-refractivity contribution in [3.8, 4) is 0 Å². The van der Waals surface area contributed by atoms with Gasteiger partial charge in [-0.25, -0.2) is 0 Å². The molecular formula is C24H28N2O2. The van der Waals surface area contributed by atoms with Gasteiger partial charge in [-0.3, -0.25) is 14.5 Å². The molecule has 0 saturated carbocycles. The second kappa shape index (κ2) is 8.01. The molecule has 28 heavy (non-hydrogen) atoms.